The van der Waals surface area contributed by atoms with Gasteiger partial charge in [0.1, 0.15) is 0 Å². The van der Waals surface area contributed by atoms with Crippen LogP contribution in [-0.2, 0) is 10.0 Å². The molecule has 1 fully saturated rings. The lowest BCUT2D eigenvalue weighted by Crippen LogP contribution is -2.40. The molecule has 2 N–H and O–H groups in total. The summed E-state index contributed by atoms with van der Waals surface area (Å²) in [6.45, 7) is 9.48. The number of nitrogens with one attached hydrogen (secondary N) is 1. The predicted octanol–water partition coefficient (Wildman–Crippen LogP) is 2.03. The number of hydrogen-bond acceptors (Lipinski definition) is 3. The minimum atomic E-state index is -3.60. The quantitative estimate of drug-likeness (QED) is 0.893. The fourth-order valence-corrected chi connectivity index (χ4v) is 4.70. The fourth-order valence-electron chi connectivity index (χ4n) is 2.65. The third-order valence-corrected chi connectivity index (χ3v) is 6.56. The van der Waals surface area contributed by atoms with Gasteiger partial charge in [-0.05, 0) is 75.3 Å². The molecule has 1 aliphatic rings. The highest BCUT2D eigenvalue weighted by Crippen LogP contribution is 2.38. The highest BCUT2D eigenvalue weighted by molar-refractivity contribution is 7.89. The summed E-state index contributed by atoms with van der Waals surface area (Å²) in [4.78, 5) is 0.373. The summed E-state index contributed by atoms with van der Waals surface area (Å²) in [6.07, 6.45) is 1.40. The lowest BCUT2D eigenvalue weighted by molar-refractivity contribution is 0.246. The smallest absolute Gasteiger partial charge is 0.241 e. The Hall–Kier alpha value is -0.910. The fraction of sp³-hybridized carbons (Fsp3) is 0.600. The van der Waals surface area contributed by atoms with Gasteiger partial charge in [-0.25, -0.2) is 13.1 Å². The molecule has 0 atom stereocenters. The first kappa shape index (κ1) is 15.5. The number of hydrogen-bond donors (Lipinski definition) is 2. The maximum absolute atomic E-state index is 12.7. The van der Waals surface area contributed by atoms with Gasteiger partial charge in [0.25, 0.3) is 0 Å². The van der Waals surface area contributed by atoms with Crippen molar-refractivity contribution in [1.82, 2.24) is 4.72 Å². The monoisotopic (exact) mass is 297 g/mol. The van der Waals surface area contributed by atoms with Crippen molar-refractivity contribution in [3.63, 3.8) is 0 Å². The number of aliphatic hydroxyl groups excluding tert-OH is 1. The Bertz CT molecular complexity index is 629. The zero-order valence-corrected chi connectivity index (χ0v) is 13.6. The van der Waals surface area contributed by atoms with Crippen LogP contribution in [0.2, 0.25) is 0 Å². The zero-order chi connectivity index (χ0) is 15.3. The Kier molecular flexibility index (Phi) is 3.73. The average molecular weight is 297 g/mol. The SMILES string of the molecule is Cc1c(C)c(C)c(S(=O)(=O)NC2(CO)CC2)c(C)c1C. The van der Waals surface area contributed by atoms with Crippen molar-refractivity contribution in [2.24, 2.45) is 0 Å². The first-order chi connectivity index (χ1) is 9.15. The summed E-state index contributed by atoms with van der Waals surface area (Å²) in [6, 6.07) is 0. The summed E-state index contributed by atoms with van der Waals surface area (Å²) in [5.74, 6) is 0. The van der Waals surface area contributed by atoms with Crippen molar-refractivity contribution in [3.05, 3.63) is 27.8 Å². The second kappa shape index (κ2) is 4.83. The second-order valence-electron chi connectivity index (χ2n) is 6.00. The molecule has 0 aliphatic heterocycles. The molecular formula is C15H23NO3S. The molecule has 0 heterocycles. The molecule has 1 aromatic carbocycles. The predicted molar refractivity (Wildman–Crippen MR) is 79.5 cm³/mol. The van der Waals surface area contributed by atoms with E-state index in [0.717, 1.165) is 27.8 Å². The van der Waals surface area contributed by atoms with Gasteiger partial charge in [-0.15, -0.1) is 0 Å². The van der Waals surface area contributed by atoms with Gasteiger partial charge < -0.3 is 5.11 Å². The van der Waals surface area contributed by atoms with Gasteiger partial charge >= 0.3 is 0 Å². The Morgan fingerprint density at radius 3 is 1.70 bits per heavy atom. The van der Waals surface area contributed by atoms with Crippen molar-refractivity contribution < 1.29 is 13.5 Å². The third kappa shape index (κ3) is 2.38. The van der Waals surface area contributed by atoms with E-state index in [1.807, 2.05) is 34.6 Å². The zero-order valence-electron chi connectivity index (χ0n) is 12.8. The third-order valence-electron chi connectivity index (χ3n) is 4.71. The summed E-state index contributed by atoms with van der Waals surface area (Å²) in [7, 11) is -3.60. The van der Waals surface area contributed by atoms with E-state index in [2.05, 4.69) is 4.72 Å². The molecule has 0 aromatic heterocycles. The van der Waals surface area contributed by atoms with Gasteiger partial charge in [0, 0.05) is 0 Å². The number of sulfonamides is 1. The number of aliphatic hydroxyl groups is 1. The van der Waals surface area contributed by atoms with Crippen LogP contribution in [0.15, 0.2) is 4.90 Å². The van der Waals surface area contributed by atoms with E-state index in [-0.39, 0.29) is 6.61 Å². The maximum Gasteiger partial charge on any atom is 0.241 e. The second-order valence-corrected chi connectivity index (χ2v) is 7.62. The van der Waals surface area contributed by atoms with Crippen LogP contribution in [0.1, 0.15) is 40.7 Å². The lowest BCUT2D eigenvalue weighted by Gasteiger charge is -2.21. The van der Waals surface area contributed by atoms with E-state index in [1.54, 1.807) is 0 Å². The van der Waals surface area contributed by atoms with Crippen LogP contribution in [0.25, 0.3) is 0 Å². The maximum atomic E-state index is 12.7. The van der Waals surface area contributed by atoms with E-state index < -0.39 is 15.6 Å². The molecule has 2 rings (SSSR count). The van der Waals surface area contributed by atoms with Crippen LogP contribution in [0.4, 0.5) is 0 Å². The molecule has 0 unspecified atom stereocenters. The molecule has 4 nitrogen and oxygen atoms in total. The van der Waals surface area contributed by atoms with Crippen molar-refractivity contribution in [2.45, 2.75) is 57.9 Å². The normalized spacial score (nSPS) is 17.3. The van der Waals surface area contributed by atoms with Gasteiger partial charge in [0.2, 0.25) is 10.0 Å². The van der Waals surface area contributed by atoms with Crippen molar-refractivity contribution >= 4 is 10.0 Å². The molecule has 0 saturated heterocycles. The Labute approximate surface area is 121 Å². The van der Waals surface area contributed by atoms with E-state index in [4.69, 9.17) is 0 Å². The van der Waals surface area contributed by atoms with Crippen LogP contribution in [-0.4, -0.2) is 25.7 Å². The van der Waals surface area contributed by atoms with Gasteiger partial charge in [0.15, 0.2) is 0 Å². The van der Waals surface area contributed by atoms with Gasteiger partial charge in [-0.2, -0.15) is 0 Å². The molecule has 0 radical (unpaired) electrons. The van der Waals surface area contributed by atoms with E-state index >= 15 is 0 Å². The highest BCUT2D eigenvalue weighted by atomic mass is 32.2. The summed E-state index contributed by atoms with van der Waals surface area (Å²) in [5, 5.41) is 9.33. The van der Waals surface area contributed by atoms with Crippen molar-refractivity contribution in [2.75, 3.05) is 6.61 Å². The van der Waals surface area contributed by atoms with E-state index in [1.165, 1.54) is 0 Å². The molecule has 0 bridgehead atoms. The van der Waals surface area contributed by atoms with E-state index in [0.29, 0.717) is 17.7 Å². The molecule has 1 saturated carbocycles. The molecule has 112 valence electrons. The summed E-state index contributed by atoms with van der Waals surface area (Å²) in [5.41, 5.74) is 4.13. The molecule has 1 aliphatic carbocycles. The number of rotatable bonds is 4. The molecule has 1 aromatic rings. The first-order valence-electron chi connectivity index (χ1n) is 6.87. The first-order valence-corrected chi connectivity index (χ1v) is 8.35. The van der Waals surface area contributed by atoms with Crippen LogP contribution >= 0.6 is 0 Å². The molecular weight excluding hydrogens is 274 g/mol. The largest absolute Gasteiger partial charge is 0.394 e. The Balaban J connectivity index is 2.58. The molecule has 0 spiro atoms. The topological polar surface area (TPSA) is 66.4 Å². The van der Waals surface area contributed by atoms with Crippen LogP contribution in [0.5, 0.6) is 0 Å². The van der Waals surface area contributed by atoms with Crippen LogP contribution in [0.3, 0.4) is 0 Å². The minimum absolute atomic E-state index is 0.145. The van der Waals surface area contributed by atoms with Gasteiger partial charge in [-0.3, -0.25) is 0 Å². The average Bonchev–Trinajstić information content (AvgIpc) is 3.13. The highest BCUT2D eigenvalue weighted by Gasteiger charge is 2.46. The number of benzene rings is 1. The van der Waals surface area contributed by atoms with Crippen LogP contribution < -0.4 is 4.72 Å². The standard InChI is InChI=1S/C15H23NO3S/c1-9-10(2)12(4)14(13(5)11(9)3)20(18,19)16-15(8-17)6-7-15/h16-17H,6-8H2,1-5H3. The summed E-state index contributed by atoms with van der Waals surface area (Å²) < 4.78 is 28.1. The van der Waals surface area contributed by atoms with Crippen LogP contribution in [0, 0.1) is 34.6 Å². The minimum Gasteiger partial charge on any atom is -0.394 e. The summed E-state index contributed by atoms with van der Waals surface area (Å²) >= 11 is 0. The molecule has 0 amide bonds. The molecule has 5 heteroatoms. The molecule has 20 heavy (non-hydrogen) atoms. The lowest BCUT2D eigenvalue weighted by atomic mass is 9.95. The van der Waals surface area contributed by atoms with Crippen molar-refractivity contribution in [1.29, 1.82) is 0 Å². The van der Waals surface area contributed by atoms with Gasteiger partial charge in [0.05, 0.1) is 17.0 Å². The van der Waals surface area contributed by atoms with E-state index in [9.17, 15) is 13.5 Å². The Morgan fingerprint density at radius 2 is 1.35 bits per heavy atom. The Morgan fingerprint density at radius 1 is 0.950 bits per heavy atom. The van der Waals surface area contributed by atoms with Gasteiger partial charge in [-0.1, -0.05) is 0 Å². The van der Waals surface area contributed by atoms with Crippen molar-refractivity contribution in [3.8, 4) is 0 Å².